The van der Waals surface area contributed by atoms with Crippen molar-refractivity contribution in [1.29, 1.82) is 0 Å². The Labute approximate surface area is 164 Å². The largest absolute Gasteiger partial charge is 0.346 e. The van der Waals surface area contributed by atoms with E-state index in [-0.39, 0.29) is 28.9 Å². The molecule has 1 saturated carbocycles. The summed E-state index contributed by atoms with van der Waals surface area (Å²) >= 11 is 0. The summed E-state index contributed by atoms with van der Waals surface area (Å²) in [6.07, 6.45) is 4.70. The van der Waals surface area contributed by atoms with Gasteiger partial charge in [-0.2, -0.15) is 4.31 Å². The number of amides is 1. The van der Waals surface area contributed by atoms with Crippen molar-refractivity contribution in [2.75, 3.05) is 20.1 Å². The van der Waals surface area contributed by atoms with Crippen LogP contribution in [0.5, 0.6) is 0 Å². The maximum Gasteiger partial charge on any atom is 0.277 e. The van der Waals surface area contributed by atoms with Gasteiger partial charge in [0.15, 0.2) is 0 Å². The molecule has 1 aromatic rings. The van der Waals surface area contributed by atoms with Crippen LogP contribution >= 0.6 is 12.4 Å². The topological polar surface area (TPSA) is 92.5 Å². The van der Waals surface area contributed by atoms with Crippen LogP contribution in [-0.2, 0) is 10.0 Å². The molecule has 1 aliphatic carbocycles. The molecular formula is C17H26ClF2N3O3S. The number of sulfonamides is 1. The highest BCUT2D eigenvalue weighted by molar-refractivity contribution is 7.89. The van der Waals surface area contributed by atoms with Gasteiger partial charge in [-0.3, -0.25) is 4.79 Å². The smallest absolute Gasteiger partial charge is 0.277 e. The normalized spacial score (nSPS) is 16.0. The van der Waals surface area contributed by atoms with Crippen molar-refractivity contribution in [2.45, 2.75) is 49.0 Å². The van der Waals surface area contributed by atoms with Crippen LogP contribution in [0.4, 0.5) is 8.78 Å². The molecule has 3 N–H and O–H groups in total. The van der Waals surface area contributed by atoms with Gasteiger partial charge < -0.3 is 11.1 Å². The molecule has 6 nitrogen and oxygen atoms in total. The van der Waals surface area contributed by atoms with Crippen molar-refractivity contribution in [2.24, 2.45) is 5.73 Å². The average Bonchev–Trinajstić information content (AvgIpc) is 2.66. The fraction of sp³-hybridized carbons (Fsp3) is 0.588. The monoisotopic (exact) mass is 425 g/mol. The number of halogens is 3. The van der Waals surface area contributed by atoms with E-state index < -0.39 is 34.9 Å². The first kappa shape index (κ1) is 23.7. The second-order valence-electron chi connectivity index (χ2n) is 6.58. The lowest BCUT2D eigenvalue weighted by atomic mass is 9.96. The zero-order valence-electron chi connectivity index (χ0n) is 15.2. The Morgan fingerprint density at radius 2 is 1.93 bits per heavy atom. The maximum absolute atomic E-state index is 13.2. The number of nitrogens with one attached hydrogen (secondary N) is 1. The van der Waals surface area contributed by atoms with Gasteiger partial charge in [0, 0.05) is 18.7 Å². The summed E-state index contributed by atoms with van der Waals surface area (Å²) in [6.45, 7) is -1.78. The van der Waals surface area contributed by atoms with Crippen molar-refractivity contribution in [3.8, 4) is 0 Å². The number of carbonyl (C=O) groups excluding carboxylic acids is 1. The van der Waals surface area contributed by atoms with Crippen molar-refractivity contribution >= 4 is 28.3 Å². The molecule has 0 unspecified atom stereocenters. The standard InChI is InChI=1S/C17H25F2N3O3S.ClH/c1-22(14-7-3-2-4-8-14)26(24,25)15-9-5-6-13(10-15)16(23)21-12-17(18,19)11-20;/h5-6,9-10,14H,2-4,7-8,11-12,20H2,1H3,(H,21,23);1H. The zero-order chi connectivity index (χ0) is 19.4. The molecule has 27 heavy (non-hydrogen) atoms. The number of hydrogen-bond acceptors (Lipinski definition) is 4. The summed E-state index contributed by atoms with van der Waals surface area (Å²) in [4.78, 5) is 12.0. The molecule has 10 heteroatoms. The van der Waals surface area contributed by atoms with Gasteiger partial charge >= 0.3 is 0 Å². The molecular weight excluding hydrogens is 400 g/mol. The van der Waals surface area contributed by atoms with Gasteiger partial charge in [0.2, 0.25) is 10.0 Å². The molecule has 0 aliphatic heterocycles. The van der Waals surface area contributed by atoms with Gasteiger partial charge in [0.25, 0.3) is 11.8 Å². The minimum atomic E-state index is -3.76. The van der Waals surface area contributed by atoms with E-state index in [0.717, 1.165) is 32.1 Å². The number of nitrogens with zero attached hydrogens (tertiary/aromatic N) is 1. The fourth-order valence-electron chi connectivity index (χ4n) is 2.99. The quantitative estimate of drug-likeness (QED) is 0.701. The number of hydrogen-bond donors (Lipinski definition) is 2. The molecule has 0 saturated heterocycles. The van der Waals surface area contributed by atoms with E-state index in [9.17, 15) is 22.0 Å². The highest BCUT2D eigenvalue weighted by atomic mass is 35.5. The van der Waals surface area contributed by atoms with Crippen molar-refractivity contribution in [1.82, 2.24) is 9.62 Å². The van der Waals surface area contributed by atoms with E-state index in [1.807, 2.05) is 0 Å². The Balaban J connectivity index is 0.00000364. The second kappa shape index (κ2) is 9.77. The molecule has 0 bridgehead atoms. The Morgan fingerprint density at radius 3 is 2.52 bits per heavy atom. The van der Waals surface area contributed by atoms with Crippen LogP contribution in [-0.4, -0.2) is 50.7 Å². The molecule has 0 atom stereocenters. The van der Waals surface area contributed by atoms with Crippen LogP contribution in [0.3, 0.4) is 0 Å². The fourth-order valence-corrected chi connectivity index (χ4v) is 4.45. The summed E-state index contributed by atoms with van der Waals surface area (Å²) in [5.74, 6) is -3.98. The van der Waals surface area contributed by atoms with Gasteiger partial charge in [0.05, 0.1) is 18.0 Å². The van der Waals surface area contributed by atoms with E-state index >= 15 is 0 Å². The number of alkyl halides is 2. The van der Waals surface area contributed by atoms with Gasteiger partial charge in [-0.25, -0.2) is 17.2 Å². The molecule has 0 heterocycles. The summed E-state index contributed by atoms with van der Waals surface area (Å²) in [5.41, 5.74) is 4.94. The summed E-state index contributed by atoms with van der Waals surface area (Å²) in [5, 5.41) is 2.08. The molecule has 154 valence electrons. The van der Waals surface area contributed by atoms with E-state index in [1.165, 1.54) is 28.6 Å². The van der Waals surface area contributed by atoms with Crippen LogP contribution in [0.15, 0.2) is 29.2 Å². The third-order valence-corrected chi connectivity index (χ3v) is 6.57. The minimum Gasteiger partial charge on any atom is -0.346 e. The average molecular weight is 426 g/mol. The highest BCUT2D eigenvalue weighted by Gasteiger charge is 2.30. The first-order valence-electron chi connectivity index (χ1n) is 8.61. The molecule has 1 aliphatic rings. The van der Waals surface area contributed by atoms with Crippen LogP contribution in [0.1, 0.15) is 42.5 Å². The highest BCUT2D eigenvalue weighted by Crippen LogP contribution is 2.26. The number of rotatable bonds is 7. The molecule has 0 spiro atoms. The van der Waals surface area contributed by atoms with E-state index in [0.29, 0.717) is 0 Å². The van der Waals surface area contributed by atoms with Gasteiger partial charge in [0.1, 0.15) is 0 Å². The maximum atomic E-state index is 13.2. The number of carbonyl (C=O) groups is 1. The van der Waals surface area contributed by atoms with Crippen LogP contribution in [0.2, 0.25) is 0 Å². The first-order valence-corrected chi connectivity index (χ1v) is 10.1. The molecule has 2 rings (SSSR count). The lowest BCUT2D eigenvalue weighted by Crippen LogP contribution is -2.41. The summed E-state index contributed by atoms with van der Waals surface area (Å²) in [7, 11) is -2.22. The molecule has 0 aromatic heterocycles. The lowest BCUT2D eigenvalue weighted by molar-refractivity contribution is 0.0118. The summed E-state index contributed by atoms with van der Waals surface area (Å²) < 4.78 is 53.3. The Morgan fingerprint density at radius 1 is 1.30 bits per heavy atom. The molecule has 1 fully saturated rings. The molecule has 1 amide bonds. The van der Waals surface area contributed by atoms with Gasteiger partial charge in [-0.05, 0) is 31.0 Å². The summed E-state index contributed by atoms with van der Waals surface area (Å²) in [6, 6.07) is 5.37. The van der Waals surface area contributed by atoms with Crippen LogP contribution in [0, 0.1) is 0 Å². The van der Waals surface area contributed by atoms with E-state index in [2.05, 4.69) is 5.32 Å². The predicted octanol–water partition coefficient (Wildman–Crippen LogP) is 2.39. The van der Waals surface area contributed by atoms with E-state index in [4.69, 9.17) is 5.73 Å². The Bertz CT molecular complexity index is 741. The lowest BCUT2D eigenvalue weighted by Gasteiger charge is -2.30. The molecule has 0 radical (unpaired) electrons. The SMILES string of the molecule is CN(C1CCCCC1)S(=O)(=O)c1cccc(C(=O)NCC(F)(F)CN)c1.Cl. The van der Waals surface area contributed by atoms with Crippen molar-refractivity contribution in [3.05, 3.63) is 29.8 Å². The van der Waals surface area contributed by atoms with Gasteiger partial charge in [-0.15, -0.1) is 12.4 Å². The Kier molecular flexibility index (Phi) is 8.59. The number of benzene rings is 1. The van der Waals surface area contributed by atoms with Gasteiger partial charge in [-0.1, -0.05) is 25.3 Å². The van der Waals surface area contributed by atoms with Crippen molar-refractivity contribution < 1.29 is 22.0 Å². The van der Waals surface area contributed by atoms with Crippen LogP contribution in [0.25, 0.3) is 0 Å². The first-order chi connectivity index (χ1) is 12.2. The van der Waals surface area contributed by atoms with E-state index in [1.54, 1.807) is 7.05 Å². The predicted molar refractivity (Wildman–Crippen MR) is 102 cm³/mol. The van der Waals surface area contributed by atoms with Crippen LogP contribution < -0.4 is 11.1 Å². The molecule has 1 aromatic carbocycles. The third kappa shape index (κ3) is 6.10. The minimum absolute atomic E-state index is 0. The second-order valence-corrected chi connectivity index (χ2v) is 8.58. The third-order valence-electron chi connectivity index (χ3n) is 4.67. The Hall–Kier alpha value is -1.29. The van der Waals surface area contributed by atoms with Crippen molar-refractivity contribution in [3.63, 3.8) is 0 Å². The number of nitrogens with two attached hydrogens (primary N) is 1. The zero-order valence-corrected chi connectivity index (χ0v) is 16.8.